The summed E-state index contributed by atoms with van der Waals surface area (Å²) in [5.41, 5.74) is 0. The minimum atomic E-state index is 0.0792. The first-order valence-electron chi connectivity index (χ1n) is 9.52. The molecule has 3 saturated heterocycles. The van der Waals surface area contributed by atoms with Gasteiger partial charge < -0.3 is 10.2 Å². The molecule has 3 aliphatic heterocycles. The third-order valence-electron chi connectivity index (χ3n) is 6.06. The summed E-state index contributed by atoms with van der Waals surface area (Å²) in [6, 6.07) is 0.828. The Labute approximate surface area is 135 Å². The molecule has 3 aliphatic rings. The zero-order valence-electron chi connectivity index (χ0n) is 14.2. The number of carbonyl (C=O) groups is 1. The monoisotopic (exact) mass is 307 g/mol. The van der Waals surface area contributed by atoms with Gasteiger partial charge in [0.15, 0.2) is 0 Å². The van der Waals surface area contributed by atoms with Crippen LogP contribution in [0.25, 0.3) is 0 Å². The van der Waals surface area contributed by atoms with Gasteiger partial charge in [0.05, 0.1) is 6.04 Å². The molecule has 3 heterocycles. The number of amides is 1. The first kappa shape index (κ1) is 16.3. The topological polar surface area (TPSA) is 35.6 Å². The first-order valence-corrected chi connectivity index (χ1v) is 9.52. The van der Waals surface area contributed by atoms with Crippen molar-refractivity contribution in [1.82, 2.24) is 15.1 Å². The molecule has 0 aromatic heterocycles. The number of nitrogens with one attached hydrogen (secondary N) is 1. The second kappa shape index (κ2) is 7.78. The molecule has 4 heteroatoms. The molecule has 0 aliphatic carbocycles. The summed E-state index contributed by atoms with van der Waals surface area (Å²) in [5.74, 6) is 1.21. The summed E-state index contributed by atoms with van der Waals surface area (Å²) in [4.78, 5) is 17.3. The molecule has 1 N–H and O–H groups in total. The maximum absolute atomic E-state index is 12.8. The number of piperidine rings is 1. The predicted molar refractivity (Wildman–Crippen MR) is 89.8 cm³/mol. The fourth-order valence-corrected chi connectivity index (χ4v) is 4.53. The highest BCUT2D eigenvalue weighted by Crippen LogP contribution is 2.27. The smallest absolute Gasteiger partial charge is 0.239 e. The Morgan fingerprint density at radius 1 is 0.955 bits per heavy atom. The summed E-state index contributed by atoms with van der Waals surface area (Å²) in [7, 11) is 0. The number of likely N-dealkylation sites (tertiary alicyclic amines) is 2. The molecule has 0 aromatic rings. The lowest BCUT2D eigenvalue weighted by molar-refractivity contribution is -0.137. The lowest BCUT2D eigenvalue weighted by Crippen LogP contribution is -2.51. The normalized spacial score (nSPS) is 30.2. The van der Waals surface area contributed by atoms with E-state index in [1.54, 1.807) is 0 Å². The van der Waals surface area contributed by atoms with Gasteiger partial charge in [-0.25, -0.2) is 0 Å². The Bertz CT molecular complexity index is 351. The van der Waals surface area contributed by atoms with Gasteiger partial charge in [0, 0.05) is 19.1 Å². The van der Waals surface area contributed by atoms with E-state index in [9.17, 15) is 4.79 Å². The van der Waals surface area contributed by atoms with Crippen molar-refractivity contribution in [1.29, 1.82) is 0 Å². The van der Waals surface area contributed by atoms with Crippen molar-refractivity contribution in [3.8, 4) is 0 Å². The lowest BCUT2D eigenvalue weighted by atomic mass is 9.88. The summed E-state index contributed by atoms with van der Waals surface area (Å²) < 4.78 is 0. The number of hydrogen-bond donors (Lipinski definition) is 1. The largest absolute Gasteiger partial charge is 0.341 e. The zero-order valence-corrected chi connectivity index (χ0v) is 14.2. The average molecular weight is 307 g/mol. The van der Waals surface area contributed by atoms with Crippen molar-refractivity contribution in [2.75, 3.05) is 32.7 Å². The molecule has 2 atom stereocenters. The Balaban J connectivity index is 1.48. The van der Waals surface area contributed by atoms with Crippen LogP contribution in [0.4, 0.5) is 0 Å². The molecular weight excluding hydrogens is 274 g/mol. The van der Waals surface area contributed by atoms with E-state index < -0.39 is 0 Å². The molecule has 0 spiro atoms. The third kappa shape index (κ3) is 3.83. The van der Waals surface area contributed by atoms with Crippen molar-refractivity contribution < 1.29 is 4.79 Å². The predicted octanol–water partition coefficient (Wildman–Crippen LogP) is 2.24. The molecule has 2 unspecified atom stereocenters. The molecule has 22 heavy (non-hydrogen) atoms. The van der Waals surface area contributed by atoms with Crippen LogP contribution in [0.3, 0.4) is 0 Å². The van der Waals surface area contributed by atoms with Crippen LogP contribution in [0, 0.1) is 5.92 Å². The molecule has 126 valence electrons. The van der Waals surface area contributed by atoms with Crippen LogP contribution in [0.2, 0.25) is 0 Å². The van der Waals surface area contributed by atoms with Gasteiger partial charge in [-0.3, -0.25) is 9.69 Å². The molecule has 0 saturated carbocycles. The van der Waals surface area contributed by atoms with E-state index in [4.69, 9.17) is 0 Å². The standard InChI is InChI=1S/C18H33N3O/c1-15(18(22)21-11-4-2-3-5-12-21)20-13-8-16(9-14-20)17-7-6-10-19-17/h15-17,19H,2-14H2,1H3. The third-order valence-corrected chi connectivity index (χ3v) is 6.06. The van der Waals surface area contributed by atoms with Gasteiger partial charge in [-0.15, -0.1) is 0 Å². The van der Waals surface area contributed by atoms with E-state index in [0.29, 0.717) is 5.91 Å². The Kier molecular flexibility index (Phi) is 5.75. The highest BCUT2D eigenvalue weighted by molar-refractivity contribution is 5.81. The van der Waals surface area contributed by atoms with Gasteiger partial charge >= 0.3 is 0 Å². The van der Waals surface area contributed by atoms with E-state index in [2.05, 4.69) is 22.0 Å². The number of rotatable bonds is 3. The van der Waals surface area contributed by atoms with E-state index >= 15 is 0 Å². The molecule has 1 amide bonds. The SMILES string of the molecule is CC(C(=O)N1CCCCCC1)N1CCC(C2CCCN2)CC1. The van der Waals surface area contributed by atoms with Gasteiger partial charge in [-0.2, -0.15) is 0 Å². The number of nitrogens with zero attached hydrogens (tertiary/aromatic N) is 2. The second-order valence-electron chi connectivity index (χ2n) is 7.49. The van der Waals surface area contributed by atoms with Crippen LogP contribution in [-0.2, 0) is 4.79 Å². The van der Waals surface area contributed by atoms with Crippen LogP contribution in [-0.4, -0.2) is 60.5 Å². The summed E-state index contributed by atoms with van der Waals surface area (Å²) in [6.07, 6.45) is 10.2. The maximum atomic E-state index is 12.8. The minimum absolute atomic E-state index is 0.0792. The molecule has 3 rings (SSSR count). The quantitative estimate of drug-likeness (QED) is 0.868. The number of carbonyl (C=O) groups excluding carboxylic acids is 1. The van der Waals surface area contributed by atoms with Crippen LogP contribution >= 0.6 is 0 Å². The van der Waals surface area contributed by atoms with Crippen molar-refractivity contribution in [3.05, 3.63) is 0 Å². The molecule has 4 nitrogen and oxygen atoms in total. The van der Waals surface area contributed by atoms with Crippen molar-refractivity contribution in [3.63, 3.8) is 0 Å². The minimum Gasteiger partial charge on any atom is -0.341 e. The Morgan fingerprint density at radius 2 is 1.64 bits per heavy atom. The van der Waals surface area contributed by atoms with Gasteiger partial charge in [-0.05, 0) is 71.0 Å². The van der Waals surface area contributed by atoms with Gasteiger partial charge in [0.1, 0.15) is 0 Å². The Hall–Kier alpha value is -0.610. The summed E-state index contributed by atoms with van der Waals surface area (Å²) in [5, 5.41) is 3.66. The van der Waals surface area contributed by atoms with Gasteiger partial charge in [0.25, 0.3) is 0 Å². The van der Waals surface area contributed by atoms with Crippen LogP contribution in [0.5, 0.6) is 0 Å². The second-order valence-corrected chi connectivity index (χ2v) is 7.49. The number of hydrogen-bond acceptors (Lipinski definition) is 3. The lowest BCUT2D eigenvalue weighted by Gasteiger charge is -2.39. The maximum Gasteiger partial charge on any atom is 0.239 e. The molecule has 3 fully saturated rings. The van der Waals surface area contributed by atoms with Gasteiger partial charge in [0.2, 0.25) is 5.91 Å². The van der Waals surface area contributed by atoms with Gasteiger partial charge in [-0.1, -0.05) is 12.8 Å². The molecule has 0 aromatic carbocycles. The molecule has 0 bridgehead atoms. The van der Waals surface area contributed by atoms with E-state index in [1.165, 1.54) is 57.9 Å². The van der Waals surface area contributed by atoms with Crippen molar-refractivity contribution in [2.24, 2.45) is 5.92 Å². The van der Waals surface area contributed by atoms with Crippen LogP contribution in [0.1, 0.15) is 58.3 Å². The highest BCUT2D eigenvalue weighted by atomic mass is 16.2. The van der Waals surface area contributed by atoms with E-state index in [-0.39, 0.29) is 6.04 Å². The van der Waals surface area contributed by atoms with E-state index in [1.807, 2.05) is 0 Å². The van der Waals surface area contributed by atoms with Crippen LogP contribution in [0.15, 0.2) is 0 Å². The van der Waals surface area contributed by atoms with Crippen molar-refractivity contribution in [2.45, 2.75) is 70.4 Å². The fraction of sp³-hybridized carbons (Fsp3) is 0.944. The first-order chi connectivity index (χ1) is 10.8. The summed E-state index contributed by atoms with van der Waals surface area (Å²) >= 11 is 0. The molecule has 0 radical (unpaired) electrons. The van der Waals surface area contributed by atoms with Crippen LogP contribution < -0.4 is 5.32 Å². The van der Waals surface area contributed by atoms with Crippen molar-refractivity contribution >= 4 is 5.91 Å². The Morgan fingerprint density at radius 3 is 2.23 bits per heavy atom. The average Bonchev–Trinajstić information content (AvgIpc) is 2.96. The summed E-state index contributed by atoms with van der Waals surface area (Å²) in [6.45, 7) is 7.49. The molecular formula is C18H33N3O. The highest BCUT2D eigenvalue weighted by Gasteiger charge is 2.32. The fourth-order valence-electron chi connectivity index (χ4n) is 4.53. The zero-order chi connectivity index (χ0) is 15.4. The van der Waals surface area contributed by atoms with E-state index in [0.717, 1.165) is 38.1 Å².